The fourth-order valence-corrected chi connectivity index (χ4v) is 2.84. The Hall–Kier alpha value is -1.83. The SMILES string of the molecule is CCC(N)(C#Cc1ccc(-c2c(C)[nH]c(C)c(Br)c2=O)cc1)CC. The van der Waals surface area contributed by atoms with Gasteiger partial charge < -0.3 is 10.7 Å². The molecule has 126 valence electrons. The van der Waals surface area contributed by atoms with Crippen LogP contribution in [0.1, 0.15) is 43.6 Å². The van der Waals surface area contributed by atoms with Crippen LogP contribution in [0.5, 0.6) is 0 Å². The molecule has 24 heavy (non-hydrogen) atoms. The van der Waals surface area contributed by atoms with Crippen molar-refractivity contribution >= 4 is 15.9 Å². The molecule has 0 aliphatic heterocycles. The van der Waals surface area contributed by atoms with Crippen molar-refractivity contribution in [1.82, 2.24) is 4.98 Å². The number of H-pyrrole nitrogens is 1. The maximum atomic E-state index is 12.5. The number of halogens is 1. The van der Waals surface area contributed by atoms with Gasteiger partial charge in [-0.2, -0.15) is 0 Å². The number of aryl methyl sites for hydroxylation is 2. The van der Waals surface area contributed by atoms with Crippen molar-refractivity contribution in [3.63, 3.8) is 0 Å². The molecule has 0 aliphatic rings. The lowest BCUT2D eigenvalue weighted by Gasteiger charge is -2.18. The van der Waals surface area contributed by atoms with Crippen LogP contribution in [0.15, 0.2) is 33.5 Å². The molecule has 3 N–H and O–H groups in total. The van der Waals surface area contributed by atoms with Crippen LogP contribution >= 0.6 is 15.9 Å². The third-order valence-corrected chi connectivity index (χ3v) is 5.35. The van der Waals surface area contributed by atoms with Gasteiger partial charge in [0.15, 0.2) is 0 Å². The van der Waals surface area contributed by atoms with Crippen LogP contribution in [-0.4, -0.2) is 10.5 Å². The van der Waals surface area contributed by atoms with Gasteiger partial charge in [0.25, 0.3) is 0 Å². The highest BCUT2D eigenvalue weighted by atomic mass is 79.9. The molecule has 0 saturated heterocycles. The lowest BCUT2D eigenvalue weighted by atomic mass is 9.94. The summed E-state index contributed by atoms with van der Waals surface area (Å²) in [6.45, 7) is 7.88. The van der Waals surface area contributed by atoms with Crippen molar-refractivity contribution in [3.05, 3.63) is 55.9 Å². The average Bonchev–Trinajstić information content (AvgIpc) is 2.59. The van der Waals surface area contributed by atoms with Crippen molar-refractivity contribution in [2.45, 2.75) is 46.1 Å². The molecule has 4 heteroatoms. The Balaban J connectivity index is 2.41. The van der Waals surface area contributed by atoms with Crippen molar-refractivity contribution in [1.29, 1.82) is 0 Å². The first-order valence-corrected chi connectivity index (χ1v) is 8.92. The van der Waals surface area contributed by atoms with Crippen LogP contribution < -0.4 is 11.2 Å². The van der Waals surface area contributed by atoms with Gasteiger partial charge in [-0.05, 0) is 60.3 Å². The van der Waals surface area contributed by atoms with Gasteiger partial charge in [-0.15, -0.1) is 0 Å². The molecule has 0 radical (unpaired) electrons. The topological polar surface area (TPSA) is 58.9 Å². The lowest BCUT2D eigenvalue weighted by molar-refractivity contribution is 0.512. The van der Waals surface area contributed by atoms with E-state index in [4.69, 9.17) is 5.73 Å². The summed E-state index contributed by atoms with van der Waals surface area (Å²) in [6, 6.07) is 7.72. The van der Waals surface area contributed by atoms with Crippen LogP contribution in [-0.2, 0) is 0 Å². The molecule has 0 unspecified atom stereocenters. The molecule has 1 heterocycles. The Bertz CT molecular complexity index is 850. The minimum absolute atomic E-state index is 0.000486. The molecule has 1 aromatic heterocycles. The molecule has 0 fully saturated rings. The molecular weight excluding hydrogens is 364 g/mol. The zero-order valence-corrected chi connectivity index (χ0v) is 16.2. The number of hydrogen-bond donors (Lipinski definition) is 2. The summed E-state index contributed by atoms with van der Waals surface area (Å²) < 4.78 is 0.575. The molecule has 0 spiro atoms. The Morgan fingerprint density at radius 2 is 1.71 bits per heavy atom. The number of pyridine rings is 1. The van der Waals surface area contributed by atoms with Gasteiger partial charge in [0.2, 0.25) is 5.43 Å². The van der Waals surface area contributed by atoms with Gasteiger partial charge in [0.05, 0.1) is 10.0 Å². The fraction of sp³-hybridized carbons (Fsp3) is 0.350. The third kappa shape index (κ3) is 3.80. The first kappa shape index (κ1) is 18.5. The van der Waals surface area contributed by atoms with Crippen LogP contribution in [0.4, 0.5) is 0 Å². The molecule has 0 amide bonds. The van der Waals surface area contributed by atoms with Crippen molar-refractivity contribution in [2.75, 3.05) is 0 Å². The molecule has 2 aromatic rings. The second-order valence-corrected chi connectivity index (χ2v) is 6.88. The van der Waals surface area contributed by atoms with Gasteiger partial charge in [0, 0.05) is 22.5 Å². The van der Waals surface area contributed by atoms with Gasteiger partial charge >= 0.3 is 0 Å². The molecule has 2 rings (SSSR count). The summed E-state index contributed by atoms with van der Waals surface area (Å²) in [5, 5.41) is 0. The Labute approximate surface area is 151 Å². The van der Waals surface area contributed by atoms with E-state index in [1.54, 1.807) is 0 Å². The van der Waals surface area contributed by atoms with Crippen LogP contribution in [0.25, 0.3) is 11.1 Å². The van der Waals surface area contributed by atoms with Gasteiger partial charge in [0.1, 0.15) is 0 Å². The number of hydrogen-bond acceptors (Lipinski definition) is 2. The highest BCUT2D eigenvalue weighted by Gasteiger charge is 2.16. The molecule has 1 aromatic carbocycles. The predicted octanol–water partition coefficient (Wildman–Crippen LogP) is 4.29. The van der Waals surface area contributed by atoms with E-state index in [1.165, 1.54) is 0 Å². The summed E-state index contributed by atoms with van der Waals surface area (Å²) in [7, 11) is 0. The molecule has 0 bridgehead atoms. The van der Waals surface area contributed by atoms with Crippen LogP contribution in [0.2, 0.25) is 0 Å². The normalized spacial score (nSPS) is 11.1. The summed E-state index contributed by atoms with van der Waals surface area (Å²) >= 11 is 3.36. The monoisotopic (exact) mass is 386 g/mol. The number of nitrogens with two attached hydrogens (primary N) is 1. The minimum Gasteiger partial charge on any atom is -0.361 e. The van der Waals surface area contributed by atoms with E-state index in [2.05, 4.69) is 32.8 Å². The second-order valence-electron chi connectivity index (χ2n) is 6.08. The lowest BCUT2D eigenvalue weighted by Crippen LogP contribution is -2.36. The van der Waals surface area contributed by atoms with Crippen molar-refractivity contribution in [3.8, 4) is 23.0 Å². The molecular formula is C20H23BrN2O. The van der Waals surface area contributed by atoms with Gasteiger partial charge in [-0.1, -0.05) is 37.8 Å². The summed E-state index contributed by atoms with van der Waals surface area (Å²) in [4.78, 5) is 15.7. The summed E-state index contributed by atoms with van der Waals surface area (Å²) in [5.41, 5.74) is 9.93. The van der Waals surface area contributed by atoms with E-state index in [0.29, 0.717) is 10.0 Å². The smallest absolute Gasteiger partial charge is 0.204 e. The standard InChI is InChI=1S/C20H23BrN2O/c1-5-20(22,6-2)12-11-15-7-9-16(10-8-15)17-13(3)23-14(4)18(21)19(17)24/h7-10H,5-6,22H2,1-4H3,(H,23,24). The summed E-state index contributed by atoms with van der Waals surface area (Å²) in [5.74, 6) is 6.31. The number of aromatic amines is 1. The van der Waals surface area contributed by atoms with Crippen molar-refractivity contribution in [2.24, 2.45) is 5.73 Å². The predicted molar refractivity (Wildman–Crippen MR) is 104 cm³/mol. The van der Waals surface area contributed by atoms with E-state index < -0.39 is 5.54 Å². The van der Waals surface area contributed by atoms with E-state index in [0.717, 1.165) is 35.4 Å². The highest BCUT2D eigenvalue weighted by molar-refractivity contribution is 9.10. The van der Waals surface area contributed by atoms with E-state index >= 15 is 0 Å². The zero-order valence-electron chi connectivity index (χ0n) is 14.6. The van der Waals surface area contributed by atoms with E-state index in [-0.39, 0.29) is 5.43 Å². The first-order chi connectivity index (χ1) is 11.3. The Morgan fingerprint density at radius 1 is 1.12 bits per heavy atom. The minimum atomic E-state index is -0.436. The molecule has 3 nitrogen and oxygen atoms in total. The average molecular weight is 387 g/mol. The number of benzene rings is 1. The fourth-order valence-electron chi connectivity index (χ4n) is 2.54. The largest absolute Gasteiger partial charge is 0.361 e. The Kier molecular flexibility index (Phi) is 5.69. The number of aromatic nitrogens is 1. The maximum Gasteiger partial charge on any atom is 0.204 e. The van der Waals surface area contributed by atoms with Gasteiger partial charge in [-0.25, -0.2) is 0 Å². The highest BCUT2D eigenvalue weighted by Crippen LogP contribution is 2.22. The molecule has 0 atom stereocenters. The molecule has 0 saturated carbocycles. The van der Waals surface area contributed by atoms with E-state index in [9.17, 15) is 4.79 Å². The molecule has 0 aliphatic carbocycles. The second kappa shape index (κ2) is 7.38. The quantitative estimate of drug-likeness (QED) is 0.772. The zero-order chi connectivity index (χ0) is 17.9. The first-order valence-electron chi connectivity index (χ1n) is 8.12. The van der Waals surface area contributed by atoms with Gasteiger partial charge in [-0.3, -0.25) is 4.79 Å². The summed E-state index contributed by atoms with van der Waals surface area (Å²) in [6.07, 6.45) is 1.64. The third-order valence-electron chi connectivity index (χ3n) is 4.40. The van der Waals surface area contributed by atoms with Crippen LogP contribution in [0.3, 0.4) is 0 Å². The Morgan fingerprint density at radius 3 is 2.25 bits per heavy atom. The maximum absolute atomic E-state index is 12.5. The van der Waals surface area contributed by atoms with Crippen LogP contribution in [0, 0.1) is 25.7 Å². The number of rotatable bonds is 3. The van der Waals surface area contributed by atoms with Crippen molar-refractivity contribution < 1.29 is 0 Å². The number of nitrogens with one attached hydrogen (secondary N) is 1. The van der Waals surface area contributed by atoms with E-state index in [1.807, 2.05) is 52.0 Å².